The number of aromatic nitrogens is 2. The van der Waals surface area contributed by atoms with Crippen molar-refractivity contribution >= 4 is 0 Å². The minimum absolute atomic E-state index is 0.0243. The Hall–Kier alpha value is -1.40. The molecule has 0 fully saturated rings. The van der Waals surface area contributed by atoms with Crippen LogP contribution in [-0.2, 0) is 20.6 Å². The molecular weight excluding hydrogens is 234 g/mol. The fourth-order valence-corrected chi connectivity index (χ4v) is 1.69. The first-order chi connectivity index (χ1) is 8.38. The molecular formula is C12H21N3O3. The van der Waals surface area contributed by atoms with Gasteiger partial charge in [0.05, 0.1) is 6.61 Å². The summed E-state index contributed by atoms with van der Waals surface area (Å²) in [6.07, 6.45) is 0. The third-order valence-corrected chi connectivity index (χ3v) is 3.17. The van der Waals surface area contributed by atoms with E-state index in [4.69, 9.17) is 0 Å². The van der Waals surface area contributed by atoms with Gasteiger partial charge in [0.2, 0.25) is 0 Å². The Morgan fingerprint density at radius 3 is 2.39 bits per heavy atom. The Labute approximate surface area is 106 Å². The lowest BCUT2D eigenvalue weighted by Crippen LogP contribution is -2.41. The molecule has 0 amide bonds. The van der Waals surface area contributed by atoms with Crippen molar-refractivity contribution in [2.24, 2.45) is 20.0 Å². The number of nitrogens with zero attached hydrogens (tertiary/aromatic N) is 2. The van der Waals surface area contributed by atoms with Crippen molar-refractivity contribution in [2.45, 2.75) is 26.4 Å². The van der Waals surface area contributed by atoms with E-state index in [9.17, 15) is 14.7 Å². The van der Waals surface area contributed by atoms with Crippen LogP contribution in [0.15, 0.2) is 15.7 Å². The third kappa shape index (κ3) is 3.08. The number of aliphatic hydroxyl groups is 1. The monoisotopic (exact) mass is 255 g/mol. The lowest BCUT2D eigenvalue weighted by molar-refractivity contribution is 0.209. The average molecular weight is 255 g/mol. The van der Waals surface area contributed by atoms with Gasteiger partial charge in [0, 0.05) is 38.4 Å². The molecule has 0 unspecified atom stereocenters. The molecule has 1 rings (SSSR count). The first kappa shape index (κ1) is 14.7. The van der Waals surface area contributed by atoms with Crippen LogP contribution in [0.25, 0.3) is 0 Å². The summed E-state index contributed by atoms with van der Waals surface area (Å²) in [6.45, 7) is 4.40. The largest absolute Gasteiger partial charge is 0.395 e. The van der Waals surface area contributed by atoms with Gasteiger partial charge in [-0.25, -0.2) is 4.79 Å². The Morgan fingerprint density at radius 2 is 1.89 bits per heavy atom. The molecule has 1 aromatic rings. The van der Waals surface area contributed by atoms with Crippen molar-refractivity contribution < 1.29 is 5.11 Å². The van der Waals surface area contributed by atoms with Gasteiger partial charge >= 0.3 is 5.69 Å². The summed E-state index contributed by atoms with van der Waals surface area (Å²) >= 11 is 0. The lowest BCUT2D eigenvalue weighted by Gasteiger charge is -2.20. The average Bonchev–Trinajstić information content (AvgIpc) is 2.33. The molecule has 6 heteroatoms. The first-order valence-electron chi connectivity index (χ1n) is 5.98. The molecule has 102 valence electrons. The van der Waals surface area contributed by atoms with E-state index in [0.717, 1.165) is 4.57 Å². The normalized spacial score (nSPS) is 13.0. The van der Waals surface area contributed by atoms with E-state index >= 15 is 0 Å². The van der Waals surface area contributed by atoms with Crippen molar-refractivity contribution in [3.63, 3.8) is 0 Å². The predicted molar refractivity (Wildman–Crippen MR) is 69.5 cm³/mol. The van der Waals surface area contributed by atoms with Crippen LogP contribution in [0.2, 0.25) is 0 Å². The smallest absolute Gasteiger partial charge is 0.330 e. The minimum Gasteiger partial charge on any atom is -0.395 e. The Morgan fingerprint density at radius 1 is 1.28 bits per heavy atom. The second kappa shape index (κ2) is 5.97. The molecule has 1 heterocycles. The summed E-state index contributed by atoms with van der Waals surface area (Å²) in [6, 6.07) is 1.38. The zero-order valence-electron chi connectivity index (χ0n) is 11.3. The lowest BCUT2D eigenvalue weighted by atomic mass is 10.1. The topological polar surface area (TPSA) is 76.3 Å². The molecule has 0 saturated heterocycles. The highest BCUT2D eigenvalue weighted by Crippen LogP contribution is 2.01. The molecule has 0 spiro atoms. The maximum absolute atomic E-state index is 11.7. The first-order valence-corrected chi connectivity index (χ1v) is 5.98. The zero-order valence-corrected chi connectivity index (χ0v) is 11.3. The van der Waals surface area contributed by atoms with E-state index in [1.54, 1.807) is 7.05 Å². The maximum Gasteiger partial charge on any atom is 0.330 e. The van der Waals surface area contributed by atoms with Crippen LogP contribution in [0.3, 0.4) is 0 Å². The molecule has 1 aromatic heterocycles. The van der Waals surface area contributed by atoms with Crippen molar-refractivity contribution in [3.05, 3.63) is 32.6 Å². The fraction of sp³-hybridized carbons (Fsp3) is 0.667. The van der Waals surface area contributed by atoms with Crippen molar-refractivity contribution in [1.82, 2.24) is 14.5 Å². The van der Waals surface area contributed by atoms with Crippen LogP contribution in [-0.4, -0.2) is 26.9 Å². The fourth-order valence-electron chi connectivity index (χ4n) is 1.69. The van der Waals surface area contributed by atoms with Gasteiger partial charge in [-0.3, -0.25) is 13.9 Å². The number of nitrogens with one attached hydrogen (secondary N) is 1. The van der Waals surface area contributed by atoms with Crippen LogP contribution < -0.4 is 16.6 Å². The molecule has 0 aliphatic rings. The van der Waals surface area contributed by atoms with Gasteiger partial charge in [-0.15, -0.1) is 0 Å². The highest BCUT2D eigenvalue weighted by molar-refractivity contribution is 5.02. The standard InChI is InChI=1S/C12H21N3O3/c1-8(2)10(7-16)13-6-9-5-11(17)15(4)12(18)14(9)3/h5,8,10,13,16H,6-7H2,1-4H3/t10-/m1/s1. The molecule has 0 saturated carbocycles. The van der Waals surface area contributed by atoms with Crippen molar-refractivity contribution in [3.8, 4) is 0 Å². The summed E-state index contributed by atoms with van der Waals surface area (Å²) in [5, 5.41) is 12.3. The third-order valence-electron chi connectivity index (χ3n) is 3.17. The van der Waals surface area contributed by atoms with Crippen LogP contribution in [0, 0.1) is 5.92 Å². The molecule has 6 nitrogen and oxygen atoms in total. The van der Waals surface area contributed by atoms with Gasteiger partial charge in [-0.2, -0.15) is 0 Å². The molecule has 0 bridgehead atoms. The highest BCUT2D eigenvalue weighted by atomic mass is 16.3. The predicted octanol–water partition coefficient (Wildman–Crippen LogP) is -0.809. The van der Waals surface area contributed by atoms with E-state index in [-0.39, 0.29) is 29.8 Å². The summed E-state index contributed by atoms with van der Waals surface area (Å²) in [5.74, 6) is 0.276. The van der Waals surface area contributed by atoms with Crippen molar-refractivity contribution in [2.75, 3.05) is 6.61 Å². The van der Waals surface area contributed by atoms with E-state index in [1.807, 2.05) is 13.8 Å². The zero-order chi connectivity index (χ0) is 13.9. The van der Waals surface area contributed by atoms with Crippen molar-refractivity contribution in [1.29, 1.82) is 0 Å². The molecule has 1 atom stereocenters. The van der Waals surface area contributed by atoms with E-state index in [2.05, 4.69) is 5.32 Å². The van der Waals surface area contributed by atoms with Crippen LogP contribution in [0.1, 0.15) is 19.5 Å². The number of rotatable bonds is 5. The highest BCUT2D eigenvalue weighted by Gasteiger charge is 2.12. The van der Waals surface area contributed by atoms with E-state index < -0.39 is 0 Å². The van der Waals surface area contributed by atoms with Gasteiger partial charge in [-0.1, -0.05) is 13.8 Å². The van der Waals surface area contributed by atoms with Gasteiger partial charge in [0.1, 0.15) is 0 Å². The van der Waals surface area contributed by atoms with Crippen LogP contribution in [0.4, 0.5) is 0 Å². The Bertz CT molecular complexity index is 516. The minimum atomic E-state index is -0.343. The van der Waals surface area contributed by atoms with Gasteiger partial charge in [0.15, 0.2) is 0 Å². The molecule has 0 aliphatic carbocycles. The molecule has 0 radical (unpaired) electrons. The van der Waals surface area contributed by atoms with Crippen LogP contribution >= 0.6 is 0 Å². The molecule has 18 heavy (non-hydrogen) atoms. The molecule has 0 aromatic carbocycles. The van der Waals surface area contributed by atoms with Gasteiger partial charge in [-0.05, 0) is 5.92 Å². The summed E-state index contributed by atoms with van der Waals surface area (Å²) < 4.78 is 2.50. The second-order valence-electron chi connectivity index (χ2n) is 4.79. The van der Waals surface area contributed by atoms with Gasteiger partial charge < -0.3 is 10.4 Å². The maximum atomic E-state index is 11.7. The number of hydrogen-bond donors (Lipinski definition) is 2. The second-order valence-corrected chi connectivity index (χ2v) is 4.79. The molecule has 2 N–H and O–H groups in total. The summed E-state index contributed by atoms with van der Waals surface area (Å²) in [7, 11) is 3.08. The number of hydrogen-bond acceptors (Lipinski definition) is 4. The van der Waals surface area contributed by atoms with E-state index in [0.29, 0.717) is 12.2 Å². The molecule has 0 aliphatic heterocycles. The Balaban J connectivity index is 2.93. The quantitative estimate of drug-likeness (QED) is 0.721. The number of aliphatic hydroxyl groups excluding tert-OH is 1. The summed E-state index contributed by atoms with van der Waals surface area (Å²) in [4.78, 5) is 23.2. The SMILES string of the molecule is CC(C)[C@@H](CO)NCc1cc(=O)n(C)c(=O)n1C. The Kier molecular flexibility index (Phi) is 4.86. The van der Waals surface area contributed by atoms with E-state index in [1.165, 1.54) is 17.7 Å². The van der Waals surface area contributed by atoms with Gasteiger partial charge in [0.25, 0.3) is 5.56 Å². The van der Waals surface area contributed by atoms with Crippen LogP contribution in [0.5, 0.6) is 0 Å². The summed E-state index contributed by atoms with van der Waals surface area (Å²) in [5.41, 5.74) is -0.0495.